The van der Waals surface area contributed by atoms with E-state index in [0.717, 1.165) is 19.3 Å². The maximum Gasteiger partial charge on any atom is 0.288 e. The lowest BCUT2D eigenvalue weighted by atomic mass is 10.1. The van der Waals surface area contributed by atoms with E-state index in [1.807, 2.05) is 0 Å². The molecule has 0 saturated heterocycles. The average Bonchev–Trinajstić information content (AvgIpc) is 2.66. The molecule has 0 aliphatic rings. The molecule has 9 heteroatoms. The van der Waals surface area contributed by atoms with Gasteiger partial charge in [0.25, 0.3) is 11.6 Å². The van der Waals surface area contributed by atoms with Crippen LogP contribution in [0.1, 0.15) is 63.9 Å². The van der Waals surface area contributed by atoms with E-state index < -0.39 is 10.8 Å². The minimum atomic E-state index is -0.598. The second kappa shape index (κ2) is 13.7. The van der Waals surface area contributed by atoms with Crippen LogP contribution in [0.3, 0.4) is 0 Å². The van der Waals surface area contributed by atoms with Crippen molar-refractivity contribution in [2.45, 2.75) is 58.3 Å². The molecule has 0 radical (unpaired) electrons. The van der Waals surface area contributed by atoms with Gasteiger partial charge in [0.05, 0.1) is 17.7 Å². The summed E-state index contributed by atoms with van der Waals surface area (Å²) in [7, 11) is 0. The molecule has 0 spiro atoms. The number of benzene rings is 1. The predicted octanol–water partition coefficient (Wildman–Crippen LogP) is 3.96. The Hall–Kier alpha value is -2.48. The van der Waals surface area contributed by atoms with Crippen LogP contribution in [0.15, 0.2) is 23.3 Å². The van der Waals surface area contributed by atoms with E-state index in [2.05, 4.69) is 22.8 Å². The Kier molecular flexibility index (Phi) is 11.5. The molecular formula is C19H27ClN4O4. The van der Waals surface area contributed by atoms with Crippen LogP contribution in [-0.4, -0.2) is 29.5 Å². The highest BCUT2D eigenvalue weighted by molar-refractivity contribution is 6.32. The summed E-state index contributed by atoms with van der Waals surface area (Å²) in [5.74, 6) is -0.645. The first-order valence-electron chi connectivity index (χ1n) is 9.46. The summed E-state index contributed by atoms with van der Waals surface area (Å²) in [4.78, 5) is 33.6. The fraction of sp³-hybridized carbons (Fsp3) is 0.526. The maximum atomic E-state index is 11.7. The number of amides is 2. The van der Waals surface area contributed by atoms with E-state index in [9.17, 15) is 19.7 Å². The fourth-order valence-electron chi connectivity index (χ4n) is 2.48. The topological polar surface area (TPSA) is 114 Å². The zero-order valence-electron chi connectivity index (χ0n) is 16.1. The van der Waals surface area contributed by atoms with E-state index >= 15 is 0 Å². The highest BCUT2D eigenvalue weighted by atomic mass is 35.5. The van der Waals surface area contributed by atoms with Gasteiger partial charge in [-0.25, -0.2) is 5.43 Å². The highest BCUT2D eigenvalue weighted by Crippen LogP contribution is 2.24. The summed E-state index contributed by atoms with van der Waals surface area (Å²) in [5, 5.41) is 17.1. The van der Waals surface area contributed by atoms with Crippen molar-refractivity contribution in [1.82, 2.24) is 10.7 Å². The zero-order chi connectivity index (χ0) is 20.8. The molecule has 0 unspecified atom stereocenters. The van der Waals surface area contributed by atoms with E-state index in [0.29, 0.717) is 12.0 Å². The van der Waals surface area contributed by atoms with Gasteiger partial charge in [0.1, 0.15) is 5.02 Å². The van der Waals surface area contributed by atoms with Crippen LogP contribution < -0.4 is 10.7 Å². The van der Waals surface area contributed by atoms with Gasteiger partial charge in [0.2, 0.25) is 5.91 Å². The van der Waals surface area contributed by atoms with Crippen LogP contribution in [0.2, 0.25) is 5.02 Å². The number of nitrogens with one attached hydrogen (secondary N) is 2. The zero-order valence-corrected chi connectivity index (χ0v) is 16.8. The summed E-state index contributed by atoms with van der Waals surface area (Å²) >= 11 is 5.72. The van der Waals surface area contributed by atoms with Crippen LogP contribution in [0.4, 0.5) is 5.69 Å². The monoisotopic (exact) mass is 410 g/mol. The third kappa shape index (κ3) is 10.0. The van der Waals surface area contributed by atoms with Crippen LogP contribution in [-0.2, 0) is 9.59 Å². The van der Waals surface area contributed by atoms with Crippen LogP contribution in [0.5, 0.6) is 0 Å². The standard InChI is InChI=1S/C19H27ClN4O4/c1-2-3-4-5-6-7-8-9-18(25)21-14-19(26)23-22-13-15-10-11-16(20)17(12-15)24(27)28/h10-13H,2-9,14H2,1H3,(H,21,25)(H,23,26)/b22-13+. The molecule has 0 aromatic heterocycles. The Morgan fingerprint density at radius 2 is 1.82 bits per heavy atom. The van der Waals surface area contributed by atoms with Crippen molar-refractivity contribution < 1.29 is 14.5 Å². The molecule has 2 N–H and O–H groups in total. The average molecular weight is 411 g/mol. The molecule has 0 heterocycles. The van der Waals surface area contributed by atoms with Gasteiger partial charge in [0.15, 0.2) is 0 Å². The molecule has 0 fully saturated rings. The lowest BCUT2D eigenvalue weighted by molar-refractivity contribution is -0.384. The van der Waals surface area contributed by atoms with Crippen molar-refractivity contribution in [3.8, 4) is 0 Å². The van der Waals surface area contributed by atoms with Crippen molar-refractivity contribution in [2.75, 3.05) is 6.54 Å². The van der Waals surface area contributed by atoms with Crippen LogP contribution >= 0.6 is 11.6 Å². The molecule has 1 rings (SSSR count). The second-order valence-corrected chi connectivity index (χ2v) is 6.82. The number of halogens is 1. The Morgan fingerprint density at radius 1 is 1.14 bits per heavy atom. The van der Waals surface area contributed by atoms with Crippen molar-refractivity contribution in [3.05, 3.63) is 38.9 Å². The SMILES string of the molecule is CCCCCCCCCC(=O)NCC(=O)N/N=C/c1ccc(Cl)c([N+](=O)[O-])c1. The fourth-order valence-corrected chi connectivity index (χ4v) is 2.66. The minimum Gasteiger partial charge on any atom is -0.347 e. The van der Waals surface area contributed by atoms with Crippen molar-refractivity contribution in [2.24, 2.45) is 5.10 Å². The molecule has 0 aliphatic carbocycles. The molecule has 1 aromatic rings. The number of nitro benzene ring substituents is 1. The first-order valence-corrected chi connectivity index (χ1v) is 9.84. The Morgan fingerprint density at radius 3 is 2.50 bits per heavy atom. The number of unbranched alkanes of at least 4 members (excludes halogenated alkanes) is 6. The molecule has 2 amide bonds. The van der Waals surface area contributed by atoms with Crippen LogP contribution in [0, 0.1) is 10.1 Å². The lowest BCUT2D eigenvalue weighted by Crippen LogP contribution is -2.34. The van der Waals surface area contributed by atoms with E-state index in [-0.39, 0.29) is 23.2 Å². The van der Waals surface area contributed by atoms with Gasteiger partial charge in [-0.05, 0) is 12.5 Å². The largest absolute Gasteiger partial charge is 0.347 e. The van der Waals surface area contributed by atoms with Gasteiger partial charge in [0, 0.05) is 18.1 Å². The quantitative estimate of drug-likeness (QED) is 0.222. The maximum absolute atomic E-state index is 11.7. The minimum absolute atomic E-state index is 0.0230. The number of carbonyl (C=O) groups excluding carboxylic acids is 2. The van der Waals surface area contributed by atoms with Gasteiger partial charge >= 0.3 is 0 Å². The summed E-state index contributed by atoms with van der Waals surface area (Å²) < 4.78 is 0. The number of hydrogen-bond acceptors (Lipinski definition) is 5. The third-order valence-corrected chi connectivity index (χ3v) is 4.34. The van der Waals surface area contributed by atoms with Crippen molar-refractivity contribution >= 4 is 35.3 Å². The number of rotatable bonds is 13. The van der Waals surface area contributed by atoms with Crippen molar-refractivity contribution in [1.29, 1.82) is 0 Å². The van der Waals surface area contributed by atoms with E-state index in [1.165, 1.54) is 50.1 Å². The third-order valence-electron chi connectivity index (χ3n) is 4.02. The van der Waals surface area contributed by atoms with Gasteiger partial charge in [-0.2, -0.15) is 5.10 Å². The molecule has 0 aliphatic heterocycles. The first kappa shape index (κ1) is 23.6. The van der Waals surface area contributed by atoms with Gasteiger partial charge in [-0.15, -0.1) is 0 Å². The molecule has 154 valence electrons. The van der Waals surface area contributed by atoms with E-state index in [4.69, 9.17) is 11.6 Å². The summed E-state index contributed by atoms with van der Waals surface area (Å²) in [5.41, 5.74) is 2.43. The lowest BCUT2D eigenvalue weighted by Gasteiger charge is -2.04. The number of hydrazone groups is 1. The second-order valence-electron chi connectivity index (χ2n) is 6.41. The number of nitro groups is 1. The predicted molar refractivity (Wildman–Crippen MR) is 109 cm³/mol. The molecule has 1 aromatic carbocycles. The molecule has 0 saturated carbocycles. The van der Waals surface area contributed by atoms with Crippen molar-refractivity contribution in [3.63, 3.8) is 0 Å². The molecule has 0 bridgehead atoms. The molecule has 8 nitrogen and oxygen atoms in total. The highest BCUT2D eigenvalue weighted by Gasteiger charge is 2.12. The Bertz CT molecular complexity index is 695. The van der Waals surface area contributed by atoms with Gasteiger partial charge in [-0.3, -0.25) is 19.7 Å². The van der Waals surface area contributed by atoms with E-state index in [1.54, 1.807) is 0 Å². The first-order chi connectivity index (χ1) is 13.4. The number of carbonyl (C=O) groups is 2. The molecule has 0 atom stereocenters. The summed E-state index contributed by atoms with van der Waals surface area (Å²) in [6.07, 6.45) is 9.54. The smallest absolute Gasteiger partial charge is 0.288 e. The molecular weight excluding hydrogens is 384 g/mol. The summed E-state index contributed by atoms with van der Waals surface area (Å²) in [6, 6.07) is 4.17. The normalized spacial score (nSPS) is 10.8. The summed E-state index contributed by atoms with van der Waals surface area (Å²) in [6.45, 7) is 2.00. The Labute approximate surface area is 169 Å². The van der Waals surface area contributed by atoms with Gasteiger partial charge < -0.3 is 5.32 Å². The number of nitrogens with zero attached hydrogens (tertiary/aromatic N) is 2. The van der Waals surface area contributed by atoms with Crippen LogP contribution in [0.25, 0.3) is 0 Å². The number of hydrogen-bond donors (Lipinski definition) is 2. The van der Waals surface area contributed by atoms with Gasteiger partial charge in [-0.1, -0.05) is 63.1 Å². The molecule has 28 heavy (non-hydrogen) atoms. The Balaban J connectivity index is 2.22.